The van der Waals surface area contributed by atoms with E-state index in [1.54, 1.807) is 24.3 Å². The van der Waals surface area contributed by atoms with Gasteiger partial charge in [0.15, 0.2) is 0 Å². The molecule has 0 spiro atoms. The molecule has 0 saturated carbocycles. The maximum absolute atomic E-state index is 12.4. The average molecular weight is 478 g/mol. The van der Waals surface area contributed by atoms with Gasteiger partial charge in [-0.1, -0.05) is 41.9 Å². The fraction of sp³-hybridized carbons (Fsp3) is 0.0870. The topological polar surface area (TPSA) is 153 Å². The van der Waals surface area contributed by atoms with Crippen molar-refractivity contribution in [2.45, 2.75) is 11.4 Å². The maximum Gasteiger partial charge on any atom is 0.335 e. The first-order valence-electron chi connectivity index (χ1n) is 9.50. The van der Waals surface area contributed by atoms with E-state index in [2.05, 4.69) is 16.4 Å². The zero-order chi connectivity index (χ0) is 24.0. The molecule has 0 atom stereocenters. The van der Waals surface area contributed by atoms with Gasteiger partial charge in [-0.15, -0.1) is 11.8 Å². The van der Waals surface area contributed by atoms with Crippen LogP contribution in [-0.2, 0) is 4.79 Å². The fourth-order valence-electron chi connectivity index (χ4n) is 3.00. The predicted molar refractivity (Wildman–Crippen MR) is 126 cm³/mol. The molecule has 0 aliphatic heterocycles. The third-order valence-electron chi connectivity index (χ3n) is 4.53. The lowest BCUT2D eigenvalue weighted by molar-refractivity contribution is -0.115. The van der Waals surface area contributed by atoms with Gasteiger partial charge in [0.25, 0.3) is 0 Å². The van der Waals surface area contributed by atoms with Crippen LogP contribution in [0.2, 0.25) is 5.02 Å². The van der Waals surface area contributed by atoms with E-state index in [0.717, 1.165) is 11.8 Å². The summed E-state index contributed by atoms with van der Waals surface area (Å²) in [6, 6.07) is 17.1. The Bertz CT molecular complexity index is 1320. The largest absolute Gasteiger partial charge is 0.478 e. The Hall–Kier alpha value is -4.05. The van der Waals surface area contributed by atoms with Crippen molar-refractivity contribution in [2.75, 3.05) is 16.8 Å². The molecule has 0 aliphatic rings. The second-order valence-corrected chi connectivity index (χ2v) is 8.15. The number of benzene rings is 2. The lowest BCUT2D eigenvalue weighted by Crippen LogP contribution is -2.13. The Morgan fingerprint density at radius 1 is 1.12 bits per heavy atom. The Morgan fingerprint density at radius 2 is 1.82 bits per heavy atom. The summed E-state index contributed by atoms with van der Waals surface area (Å²) in [4.78, 5) is 27.7. The minimum absolute atomic E-state index is 0.000396. The van der Waals surface area contributed by atoms with Crippen molar-refractivity contribution in [1.29, 1.82) is 10.5 Å². The number of hydrogen-bond acceptors (Lipinski definition) is 7. The number of aromatic carboxylic acids is 1. The summed E-state index contributed by atoms with van der Waals surface area (Å²) >= 11 is 7.19. The van der Waals surface area contributed by atoms with Gasteiger partial charge in [-0.3, -0.25) is 4.79 Å². The third kappa shape index (κ3) is 5.42. The highest BCUT2D eigenvalue weighted by atomic mass is 35.5. The first-order valence-corrected chi connectivity index (χ1v) is 10.9. The van der Waals surface area contributed by atoms with Crippen molar-refractivity contribution in [3.05, 3.63) is 70.2 Å². The van der Waals surface area contributed by atoms with Gasteiger partial charge < -0.3 is 16.2 Å². The van der Waals surface area contributed by atoms with E-state index in [-0.39, 0.29) is 45.4 Å². The van der Waals surface area contributed by atoms with Gasteiger partial charge in [0.1, 0.15) is 28.5 Å². The SMILES string of the molecule is N#Cc1c(N)nc(SCCC(=O)Nc2cc(C(=O)O)ccc2Cl)c(C#N)c1-c1ccccc1. The number of nitrogen functional groups attached to an aromatic ring is 1. The van der Waals surface area contributed by atoms with Crippen LogP contribution in [-0.4, -0.2) is 27.7 Å². The van der Waals surface area contributed by atoms with Crippen molar-refractivity contribution in [3.8, 4) is 23.3 Å². The molecule has 2 aromatic carbocycles. The molecular formula is C23H16ClN5O3S. The number of carboxylic acid groups (broad SMARTS) is 1. The zero-order valence-corrected chi connectivity index (χ0v) is 18.6. The Morgan fingerprint density at radius 3 is 2.45 bits per heavy atom. The molecule has 1 aromatic heterocycles. The van der Waals surface area contributed by atoms with Crippen LogP contribution in [0.3, 0.4) is 0 Å². The smallest absolute Gasteiger partial charge is 0.335 e. The van der Waals surface area contributed by atoms with Gasteiger partial charge in [0, 0.05) is 17.7 Å². The third-order valence-corrected chi connectivity index (χ3v) is 5.84. The molecule has 0 bridgehead atoms. The van der Waals surface area contributed by atoms with E-state index in [0.29, 0.717) is 16.2 Å². The molecular weight excluding hydrogens is 462 g/mol. The highest BCUT2D eigenvalue weighted by Crippen LogP contribution is 2.35. The van der Waals surface area contributed by atoms with E-state index in [1.807, 2.05) is 12.1 Å². The Balaban J connectivity index is 1.79. The number of pyridine rings is 1. The second kappa shape index (κ2) is 10.5. The van der Waals surface area contributed by atoms with Crippen molar-refractivity contribution in [3.63, 3.8) is 0 Å². The van der Waals surface area contributed by atoms with Gasteiger partial charge in [-0.2, -0.15) is 10.5 Å². The zero-order valence-electron chi connectivity index (χ0n) is 17.0. The number of anilines is 2. The number of rotatable bonds is 7. The molecule has 10 heteroatoms. The summed E-state index contributed by atoms with van der Waals surface area (Å²) < 4.78 is 0. The van der Waals surface area contributed by atoms with E-state index in [1.165, 1.54) is 18.2 Å². The van der Waals surface area contributed by atoms with E-state index >= 15 is 0 Å². The minimum Gasteiger partial charge on any atom is -0.478 e. The highest BCUT2D eigenvalue weighted by Gasteiger charge is 2.20. The number of nitrogens with one attached hydrogen (secondary N) is 1. The molecule has 0 saturated heterocycles. The predicted octanol–water partition coefficient (Wildman–Crippen LogP) is 4.55. The van der Waals surface area contributed by atoms with Crippen LogP contribution >= 0.6 is 23.4 Å². The van der Waals surface area contributed by atoms with Gasteiger partial charge in [0.05, 0.1) is 21.8 Å². The van der Waals surface area contributed by atoms with Crippen molar-refractivity contribution in [1.82, 2.24) is 4.98 Å². The Kier molecular flexibility index (Phi) is 7.52. The molecule has 1 amide bonds. The van der Waals surface area contributed by atoms with Crippen LogP contribution < -0.4 is 11.1 Å². The first-order chi connectivity index (χ1) is 15.8. The quantitative estimate of drug-likeness (QED) is 0.419. The highest BCUT2D eigenvalue weighted by molar-refractivity contribution is 7.99. The number of carbonyl (C=O) groups excluding carboxylic acids is 1. The van der Waals surface area contributed by atoms with Crippen molar-refractivity contribution < 1.29 is 14.7 Å². The summed E-state index contributed by atoms with van der Waals surface area (Å²) in [5.41, 5.74) is 7.55. The molecule has 33 heavy (non-hydrogen) atoms. The number of carbonyl (C=O) groups is 2. The molecule has 0 aliphatic carbocycles. The molecule has 0 radical (unpaired) electrons. The van der Waals surface area contributed by atoms with E-state index < -0.39 is 11.9 Å². The number of nitrogens with two attached hydrogens (primary N) is 1. The van der Waals surface area contributed by atoms with Crippen LogP contribution in [0, 0.1) is 22.7 Å². The van der Waals surface area contributed by atoms with Gasteiger partial charge >= 0.3 is 5.97 Å². The summed E-state index contributed by atoms with van der Waals surface area (Å²) in [6.07, 6.45) is 0.0332. The number of nitriles is 2. The molecule has 3 rings (SSSR count). The molecule has 164 valence electrons. The molecule has 0 unspecified atom stereocenters. The van der Waals surface area contributed by atoms with Gasteiger partial charge in [-0.25, -0.2) is 9.78 Å². The normalized spacial score (nSPS) is 10.2. The van der Waals surface area contributed by atoms with Gasteiger partial charge in [0.2, 0.25) is 5.91 Å². The van der Waals surface area contributed by atoms with E-state index in [4.69, 9.17) is 22.4 Å². The van der Waals surface area contributed by atoms with Crippen molar-refractivity contribution >= 4 is 46.7 Å². The molecule has 1 heterocycles. The molecule has 0 fully saturated rings. The number of carboxylic acids is 1. The molecule has 4 N–H and O–H groups in total. The number of thioether (sulfide) groups is 1. The maximum atomic E-state index is 12.4. The first kappa shape index (κ1) is 23.6. The van der Waals surface area contributed by atoms with Crippen LogP contribution in [0.15, 0.2) is 53.6 Å². The number of amides is 1. The second-order valence-electron chi connectivity index (χ2n) is 6.66. The summed E-state index contributed by atoms with van der Waals surface area (Å²) in [7, 11) is 0. The average Bonchev–Trinajstić information content (AvgIpc) is 2.80. The van der Waals surface area contributed by atoms with Crippen LogP contribution in [0.5, 0.6) is 0 Å². The van der Waals surface area contributed by atoms with Crippen LogP contribution in [0.4, 0.5) is 11.5 Å². The monoisotopic (exact) mass is 477 g/mol. The lowest BCUT2D eigenvalue weighted by Gasteiger charge is -2.13. The molecule has 3 aromatic rings. The summed E-state index contributed by atoms with van der Waals surface area (Å²) in [5, 5.41) is 31.5. The summed E-state index contributed by atoms with van der Waals surface area (Å²) in [5.74, 6) is -1.28. The number of nitrogens with zero attached hydrogens (tertiary/aromatic N) is 3. The van der Waals surface area contributed by atoms with Crippen LogP contribution in [0.1, 0.15) is 27.9 Å². The van der Waals surface area contributed by atoms with Crippen molar-refractivity contribution in [2.24, 2.45) is 0 Å². The summed E-state index contributed by atoms with van der Waals surface area (Å²) in [6.45, 7) is 0. The van der Waals surface area contributed by atoms with Crippen LogP contribution in [0.25, 0.3) is 11.1 Å². The standard InChI is InChI=1S/C23H16ClN5O3S/c24-17-7-6-14(23(31)32)10-18(17)28-19(30)8-9-33-22-16(12-26)20(13-4-2-1-3-5-13)15(11-25)21(27)29-22/h1-7,10H,8-9H2,(H2,27,29)(H,28,30)(H,31,32). The number of halogens is 1. The molecule has 8 nitrogen and oxygen atoms in total. The van der Waals surface area contributed by atoms with Gasteiger partial charge in [-0.05, 0) is 23.8 Å². The number of aromatic nitrogens is 1. The Labute approximate surface area is 198 Å². The minimum atomic E-state index is -1.14. The van der Waals surface area contributed by atoms with E-state index in [9.17, 15) is 20.1 Å². The number of hydrogen-bond donors (Lipinski definition) is 3. The lowest BCUT2D eigenvalue weighted by atomic mass is 9.97. The fourth-order valence-corrected chi connectivity index (χ4v) is 4.10.